The third-order valence-corrected chi connectivity index (χ3v) is 3.47. The monoisotopic (exact) mass is 259 g/mol. The first kappa shape index (κ1) is 13.6. The Morgan fingerprint density at radius 2 is 2.16 bits per heavy atom. The van der Waals surface area contributed by atoms with Crippen molar-refractivity contribution in [3.8, 4) is 0 Å². The van der Waals surface area contributed by atoms with Gasteiger partial charge in [-0.3, -0.25) is 4.79 Å². The van der Waals surface area contributed by atoms with E-state index in [2.05, 4.69) is 36.3 Å². The molecule has 0 aliphatic carbocycles. The number of carbonyl (C=O) groups excluding carboxylic acids is 1. The maximum Gasteiger partial charge on any atom is 0.220 e. The van der Waals surface area contributed by atoms with Crippen molar-refractivity contribution in [3.05, 3.63) is 35.0 Å². The molecule has 0 spiro atoms. The predicted octanol–water partition coefficient (Wildman–Crippen LogP) is 2.14. The maximum absolute atomic E-state index is 11.5. The lowest BCUT2D eigenvalue weighted by Crippen LogP contribution is -2.23. The fourth-order valence-electron chi connectivity index (χ4n) is 2.17. The van der Waals surface area contributed by atoms with Crippen LogP contribution in [0.4, 0.5) is 0 Å². The van der Waals surface area contributed by atoms with Crippen molar-refractivity contribution in [2.75, 3.05) is 6.54 Å². The summed E-state index contributed by atoms with van der Waals surface area (Å²) < 4.78 is 0. The minimum absolute atomic E-state index is 0.0625. The van der Waals surface area contributed by atoms with Crippen molar-refractivity contribution in [2.45, 2.75) is 33.2 Å². The van der Waals surface area contributed by atoms with Crippen molar-refractivity contribution in [1.82, 2.24) is 10.3 Å². The van der Waals surface area contributed by atoms with Crippen LogP contribution in [0.2, 0.25) is 0 Å². The second-order valence-corrected chi connectivity index (χ2v) is 4.92. The highest BCUT2D eigenvalue weighted by Gasteiger charge is 2.06. The Bertz CT molecular complexity index is 586. The minimum Gasteiger partial charge on any atom is -0.358 e. The van der Waals surface area contributed by atoms with Gasteiger partial charge in [-0.05, 0) is 50.1 Å². The van der Waals surface area contributed by atoms with Gasteiger partial charge in [0.05, 0.1) is 0 Å². The van der Waals surface area contributed by atoms with E-state index >= 15 is 0 Å². The minimum atomic E-state index is 0.0625. The smallest absolute Gasteiger partial charge is 0.220 e. The molecule has 1 aromatic heterocycles. The van der Waals surface area contributed by atoms with Crippen LogP contribution < -0.4 is 11.1 Å². The van der Waals surface area contributed by atoms with E-state index in [1.54, 1.807) is 0 Å². The maximum atomic E-state index is 11.5. The molecule has 0 aliphatic rings. The Hall–Kier alpha value is -1.81. The van der Waals surface area contributed by atoms with Crippen LogP contribution >= 0.6 is 0 Å². The molecule has 2 rings (SSSR count). The number of hydrogen-bond donors (Lipinski definition) is 3. The Kier molecular flexibility index (Phi) is 4.22. The second-order valence-electron chi connectivity index (χ2n) is 4.92. The van der Waals surface area contributed by atoms with Gasteiger partial charge in [-0.25, -0.2) is 0 Å². The highest BCUT2D eigenvalue weighted by atomic mass is 16.1. The van der Waals surface area contributed by atoms with E-state index in [9.17, 15) is 4.79 Å². The first-order valence-corrected chi connectivity index (χ1v) is 6.66. The number of carbonyl (C=O) groups is 1. The van der Waals surface area contributed by atoms with Gasteiger partial charge in [0, 0.05) is 29.6 Å². The molecular formula is C15H21N3O. The highest BCUT2D eigenvalue weighted by Crippen LogP contribution is 2.22. The van der Waals surface area contributed by atoms with Gasteiger partial charge in [-0.2, -0.15) is 0 Å². The zero-order chi connectivity index (χ0) is 13.8. The van der Waals surface area contributed by atoms with Gasteiger partial charge in [0.25, 0.3) is 0 Å². The summed E-state index contributed by atoms with van der Waals surface area (Å²) in [6, 6.07) is 6.25. The van der Waals surface area contributed by atoms with E-state index in [0.29, 0.717) is 19.5 Å². The van der Waals surface area contributed by atoms with E-state index in [1.807, 2.05) is 6.07 Å². The topological polar surface area (TPSA) is 70.9 Å². The van der Waals surface area contributed by atoms with E-state index in [4.69, 9.17) is 5.73 Å². The Morgan fingerprint density at radius 3 is 2.89 bits per heavy atom. The summed E-state index contributed by atoms with van der Waals surface area (Å²) >= 11 is 0. The van der Waals surface area contributed by atoms with Gasteiger partial charge in [0.15, 0.2) is 0 Å². The van der Waals surface area contributed by atoms with Crippen LogP contribution in [0.25, 0.3) is 10.9 Å². The highest BCUT2D eigenvalue weighted by molar-refractivity contribution is 5.85. The molecule has 102 valence electrons. The van der Waals surface area contributed by atoms with Crippen LogP contribution in [-0.2, 0) is 11.3 Å². The standard InChI is InChI=1S/C15H21N3O/c1-10-11(2)18-14-6-5-12(8-13(10)14)9-17-15(19)4-3-7-16/h5-6,8,18H,3-4,7,9,16H2,1-2H3,(H,17,19). The molecule has 0 saturated carbocycles. The molecule has 0 fully saturated rings. The van der Waals surface area contributed by atoms with Crippen LogP contribution in [0.1, 0.15) is 29.7 Å². The number of nitrogens with two attached hydrogens (primary N) is 1. The summed E-state index contributed by atoms with van der Waals surface area (Å²) in [5.74, 6) is 0.0625. The Balaban J connectivity index is 2.05. The fraction of sp³-hybridized carbons (Fsp3) is 0.400. The number of fused-ring (bicyclic) bond motifs is 1. The summed E-state index contributed by atoms with van der Waals surface area (Å²) in [4.78, 5) is 14.9. The molecular weight excluding hydrogens is 238 g/mol. The summed E-state index contributed by atoms with van der Waals surface area (Å²) in [6.45, 7) is 5.31. The van der Waals surface area contributed by atoms with Crippen LogP contribution in [-0.4, -0.2) is 17.4 Å². The zero-order valence-corrected chi connectivity index (χ0v) is 11.5. The molecule has 0 radical (unpaired) electrons. The number of amides is 1. The molecule has 4 N–H and O–H groups in total. The summed E-state index contributed by atoms with van der Waals surface area (Å²) in [7, 11) is 0. The average molecular weight is 259 g/mol. The van der Waals surface area contributed by atoms with Crippen molar-refractivity contribution < 1.29 is 4.79 Å². The van der Waals surface area contributed by atoms with E-state index in [-0.39, 0.29) is 5.91 Å². The molecule has 1 amide bonds. The molecule has 0 aliphatic heterocycles. The number of H-pyrrole nitrogens is 1. The number of rotatable bonds is 5. The summed E-state index contributed by atoms with van der Waals surface area (Å²) in [5.41, 5.74) is 10.1. The van der Waals surface area contributed by atoms with Gasteiger partial charge < -0.3 is 16.0 Å². The fourth-order valence-corrected chi connectivity index (χ4v) is 2.17. The molecule has 1 heterocycles. The lowest BCUT2D eigenvalue weighted by atomic mass is 10.1. The molecule has 0 bridgehead atoms. The molecule has 2 aromatic rings. The third kappa shape index (κ3) is 3.15. The van der Waals surface area contributed by atoms with E-state index in [1.165, 1.54) is 16.6 Å². The number of aromatic nitrogens is 1. The summed E-state index contributed by atoms with van der Waals surface area (Å²) in [5, 5.41) is 4.15. The summed E-state index contributed by atoms with van der Waals surface area (Å²) in [6.07, 6.45) is 1.24. The van der Waals surface area contributed by atoms with Gasteiger partial charge >= 0.3 is 0 Å². The van der Waals surface area contributed by atoms with Gasteiger partial charge in [-0.15, -0.1) is 0 Å². The van der Waals surface area contributed by atoms with Crippen LogP contribution in [0.15, 0.2) is 18.2 Å². The third-order valence-electron chi connectivity index (χ3n) is 3.47. The lowest BCUT2D eigenvalue weighted by Gasteiger charge is -2.05. The number of benzene rings is 1. The van der Waals surface area contributed by atoms with Crippen molar-refractivity contribution >= 4 is 16.8 Å². The van der Waals surface area contributed by atoms with Crippen LogP contribution in [0.3, 0.4) is 0 Å². The van der Waals surface area contributed by atoms with Gasteiger partial charge in [0.1, 0.15) is 0 Å². The Morgan fingerprint density at radius 1 is 1.37 bits per heavy atom. The van der Waals surface area contributed by atoms with Crippen molar-refractivity contribution in [3.63, 3.8) is 0 Å². The average Bonchev–Trinajstić information content (AvgIpc) is 2.69. The molecule has 4 heteroatoms. The SMILES string of the molecule is Cc1[nH]c2ccc(CNC(=O)CCCN)cc2c1C. The molecule has 0 saturated heterocycles. The largest absolute Gasteiger partial charge is 0.358 e. The number of hydrogen-bond acceptors (Lipinski definition) is 2. The van der Waals surface area contributed by atoms with E-state index < -0.39 is 0 Å². The normalized spacial score (nSPS) is 10.9. The van der Waals surface area contributed by atoms with Gasteiger partial charge in [-0.1, -0.05) is 6.07 Å². The lowest BCUT2D eigenvalue weighted by molar-refractivity contribution is -0.121. The number of aromatic amines is 1. The van der Waals surface area contributed by atoms with Crippen LogP contribution in [0.5, 0.6) is 0 Å². The van der Waals surface area contributed by atoms with Crippen molar-refractivity contribution in [1.29, 1.82) is 0 Å². The zero-order valence-electron chi connectivity index (χ0n) is 11.5. The molecule has 19 heavy (non-hydrogen) atoms. The van der Waals surface area contributed by atoms with E-state index in [0.717, 1.165) is 17.5 Å². The predicted molar refractivity (Wildman–Crippen MR) is 77.9 cm³/mol. The quantitative estimate of drug-likeness (QED) is 0.770. The van der Waals surface area contributed by atoms with Crippen molar-refractivity contribution in [2.24, 2.45) is 5.73 Å². The first-order valence-electron chi connectivity index (χ1n) is 6.66. The van der Waals surface area contributed by atoms with Crippen LogP contribution in [0, 0.1) is 13.8 Å². The first-order chi connectivity index (χ1) is 9.11. The van der Waals surface area contributed by atoms with Gasteiger partial charge in [0.2, 0.25) is 5.91 Å². The molecule has 4 nitrogen and oxygen atoms in total. The molecule has 1 aromatic carbocycles. The number of aryl methyl sites for hydroxylation is 2. The Labute approximate surface area is 113 Å². The second kappa shape index (κ2) is 5.89. The molecule has 0 unspecified atom stereocenters. The molecule has 0 atom stereocenters. The number of nitrogens with one attached hydrogen (secondary N) is 2.